The van der Waals surface area contributed by atoms with E-state index >= 15 is 0 Å². The van der Waals surface area contributed by atoms with E-state index in [1.54, 1.807) is 0 Å². The molecule has 1 aliphatic heterocycles. The van der Waals surface area contributed by atoms with Crippen LogP contribution in [0.15, 0.2) is 97.1 Å². The van der Waals surface area contributed by atoms with E-state index in [0.29, 0.717) is 6.04 Å². The molecule has 4 aromatic rings. The average Bonchev–Trinajstić information content (AvgIpc) is 3.16. The zero-order valence-electron chi connectivity index (χ0n) is 20.5. The molecule has 1 aliphatic rings. The molecule has 0 aliphatic carbocycles. The number of nitrogens with zero attached hydrogens (tertiary/aromatic N) is 3. The summed E-state index contributed by atoms with van der Waals surface area (Å²) in [6.45, 7) is 7.59. The van der Waals surface area contributed by atoms with Crippen LogP contribution >= 0.6 is 24.8 Å². The number of rotatable bonds is 6. The molecule has 0 saturated carbocycles. The third-order valence-electron chi connectivity index (χ3n) is 7.11. The minimum atomic E-state index is 0. The largest absolute Gasteiger partial charge is 0.348 e. The van der Waals surface area contributed by atoms with Gasteiger partial charge in [-0.25, -0.2) is 0 Å². The second-order valence-corrected chi connectivity index (χ2v) is 9.10. The molecule has 3 nitrogen and oxygen atoms in total. The minimum Gasteiger partial charge on any atom is -0.348 e. The molecule has 2 heterocycles. The molecule has 1 aromatic heterocycles. The van der Waals surface area contributed by atoms with Crippen molar-refractivity contribution in [2.75, 3.05) is 26.2 Å². The highest BCUT2D eigenvalue weighted by atomic mass is 35.5. The summed E-state index contributed by atoms with van der Waals surface area (Å²) in [7, 11) is 2.18. The van der Waals surface area contributed by atoms with Gasteiger partial charge in [0.2, 0.25) is 0 Å². The highest BCUT2D eigenvalue weighted by Gasteiger charge is 2.26. The topological polar surface area (TPSA) is 11.4 Å². The van der Waals surface area contributed by atoms with Gasteiger partial charge in [-0.05, 0) is 35.2 Å². The van der Waals surface area contributed by atoms with Gasteiger partial charge in [0.05, 0.1) is 6.04 Å². The molecule has 1 fully saturated rings. The van der Waals surface area contributed by atoms with Crippen molar-refractivity contribution >= 4 is 24.8 Å². The Labute approximate surface area is 222 Å². The summed E-state index contributed by atoms with van der Waals surface area (Å²) in [5.41, 5.74) is 8.14. The average molecular weight is 509 g/mol. The van der Waals surface area contributed by atoms with Crippen molar-refractivity contribution in [1.29, 1.82) is 0 Å². The SMILES string of the molecule is Cc1c(CN2CCN(C(c3ccccc3)c3ccccc3)CC2)cc(-c2ccccc2)n1C.Cl.Cl. The fraction of sp³-hybridized carbons (Fsp3) is 0.267. The highest BCUT2D eigenvalue weighted by molar-refractivity contribution is 5.85. The van der Waals surface area contributed by atoms with Crippen LogP contribution in [0.5, 0.6) is 0 Å². The Kier molecular flexibility index (Phi) is 9.59. The summed E-state index contributed by atoms with van der Waals surface area (Å²) in [4.78, 5) is 5.26. The first-order valence-corrected chi connectivity index (χ1v) is 12.0. The molecule has 3 aromatic carbocycles. The van der Waals surface area contributed by atoms with Gasteiger partial charge in [-0.3, -0.25) is 9.80 Å². The summed E-state index contributed by atoms with van der Waals surface area (Å²) < 4.78 is 2.34. The summed E-state index contributed by atoms with van der Waals surface area (Å²) >= 11 is 0. The van der Waals surface area contributed by atoms with Gasteiger partial charge in [0, 0.05) is 51.2 Å². The summed E-state index contributed by atoms with van der Waals surface area (Å²) in [6, 6.07) is 35.3. The van der Waals surface area contributed by atoms with Gasteiger partial charge in [-0.2, -0.15) is 0 Å². The lowest BCUT2D eigenvalue weighted by Gasteiger charge is -2.39. The van der Waals surface area contributed by atoms with E-state index in [9.17, 15) is 0 Å². The lowest BCUT2D eigenvalue weighted by atomic mass is 9.96. The van der Waals surface area contributed by atoms with Crippen molar-refractivity contribution in [2.24, 2.45) is 7.05 Å². The van der Waals surface area contributed by atoms with Crippen LogP contribution in [-0.2, 0) is 13.6 Å². The molecule has 0 atom stereocenters. The first-order chi connectivity index (χ1) is 16.2. The second kappa shape index (κ2) is 12.4. The van der Waals surface area contributed by atoms with Gasteiger partial charge >= 0.3 is 0 Å². The number of aromatic nitrogens is 1. The third kappa shape index (κ3) is 5.99. The van der Waals surface area contributed by atoms with E-state index in [1.807, 2.05) is 0 Å². The molecule has 0 bridgehead atoms. The van der Waals surface area contributed by atoms with E-state index in [-0.39, 0.29) is 24.8 Å². The number of halogens is 2. The van der Waals surface area contributed by atoms with Gasteiger partial charge < -0.3 is 4.57 Å². The van der Waals surface area contributed by atoms with Crippen molar-refractivity contribution in [3.63, 3.8) is 0 Å². The van der Waals surface area contributed by atoms with E-state index in [4.69, 9.17) is 0 Å². The van der Waals surface area contributed by atoms with Gasteiger partial charge in [0.25, 0.3) is 0 Å². The van der Waals surface area contributed by atoms with E-state index in [0.717, 1.165) is 32.7 Å². The Balaban J connectivity index is 0.00000171. The number of hydrogen-bond donors (Lipinski definition) is 0. The molecule has 0 N–H and O–H groups in total. The van der Waals surface area contributed by atoms with Crippen LogP contribution in [-0.4, -0.2) is 40.5 Å². The molecule has 184 valence electrons. The molecule has 1 saturated heterocycles. The summed E-state index contributed by atoms with van der Waals surface area (Å²) in [5.74, 6) is 0. The Morgan fingerprint density at radius 1 is 0.686 bits per heavy atom. The minimum absolute atomic E-state index is 0. The van der Waals surface area contributed by atoms with Crippen LogP contribution in [0.4, 0.5) is 0 Å². The number of benzene rings is 3. The molecule has 0 amide bonds. The third-order valence-corrected chi connectivity index (χ3v) is 7.11. The van der Waals surface area contributed by atoms with Crippen molar-refractivity contribution in [1.82, 2.24) is 14.4 Å². The Morgan fingerprint density at radius 3 is 1.69 bits per heavy atom. The van der Waals surface area contributed by atoms with E-state index in [1.165, 1.54) is 33.6 Å². The van der Waals surface area contributed by atoms with Crippen LogP contribution in [0.1, 0.15) is 28.4 Å². The second-order valence-electron chi connectivity index (χ2n) is 9.10. The van der Waals surface area contributed by atoms with Crippen LogP contribution in [0.2, 0.25) is 0 Å². The highest BCUT2D eigenvalue weighted by Crippen LogP contribution is 2.30. The Morgan fingerprint density at radius 2 is 1.17 bits per heavy atom. The normalized spacial score (nSPS) is 14.4. The maximum Gasteiger partial charge on any atom is 0.0602 e. The standard InChI is InChI=1S/C30H33N3.2ClH/c1-24-28(22-29(31(24)2)25-12-6-3-7-13-25)23-32-18-20-33(21-19-32)30(26-14-8-4-9-15-26)27-16-10-5-11-17-27;;/h3-17,22,30H,18-21,23H2,1-2H3;2*1H. The van der Waals surface area contributed by atoms with Crippen molar-refractivity contribution in [3.8, 4) is 11.3 Å². The molecule has 35 heavy (non-hydrogen) atoms. The molecule has 0 spiro atoms. The molecular weight excluding hydrogens is 473 g/mol. The van der Waals surface area contributed by atoms with Gasteiger partial charge in [-0.15, -0.1) is 24.8 Å². The van der Waals surface area contributed by atoms with Crippen LogP contribution in [0.25, 0.3) is 11.3 Å². The van der Waals surface area contributed by atoms with Crippen molar-refractivity contribution < 1.29 is 0 Å². The predicted molar refractivity (Wildman–Crippen MR) is 152 cm³/mol. The van der Waals surface area contributed by atoms with E-state index in [2.05, 4.69) is 125 Å². The zero-order chi connectivity index (χ0) is 22.6. The maximum atomic E-state index is 2.65. The van der Waals surface area contributed by atoms with Crippen LogP contribution < -0.4 is 0 Å². The number of hydrogen-bond acceptors (Lipinski definition) is 2. The zero-order valence-corrected chi connectivity index (χ0v) is 22.1. The Hall–Kier alpha value is -2.56. The predicted octanol–water partition coefficient (Wildman–Crippen LogP) is 6.75. The smallest absolute Gasteiger partial charge is 0.0602 e. The fourth-order valence-corrected chi connectivity index (χ4v) is 5.11. The lowest BCUT2D eigenvalue weighted by Crippen LogP contribution is -2.47. The maximum absolute atomic E-state index is 2.65. The number of piperazine rings is 1. The first kappa shape index (κ1) is 27.0. The molecule has 5 rings (SSSR count). The molecule has 0 radical (unpaired) electrons. The summed E-state index contributed by atoms with van der Waals surface area (Å²) in [6.07, 6.45) is 0. The van der Waals surface area contributed by atoms with Crippen LogP contribution in [0.3, 0.4) is 0 Å². The van der Waals surface area contributed by atoms with E-state index < -0.39 is 0 Å². The quantitative estimate of drug-likeness (QED) is 0.285. The van der Waals surface area contributed by atoms with Crippen LogP contribution in [0, 0.1) is 6.92 Å². The molecule has 5 heteroatoms. The summed E-state index contributed by atoms with van der Waals surface area (Å²) in [5, 5.41) is 0. The molecular formula is C30H35Cl2N3. The lowest BCUT2D eigenvalue weighted by molar-refractivity contribution is 0.105. The van der Waals surface area contributed by atoms with Gasteiger partial charge in [0.15, 0.2) is 0 Å². The van der Waals surface area contributed by atoms with Gasteiger partial charge in [0.1, 0.15) is 0 Å². The Bertz CT molecular complexity index is 1130. The fourth-order valence-electron chi connectivity index (χ4n) is 5.11. The molecule has 0 unspecified atom stereocenters. The van der Waals surface area contributed by atoms with Gasteiger partial charge in [-0.1, -0.05) is 91.0 Å². The first-order valence-electron chi connectivity index (χ1n) is 12.0. The monoisotopic (exact) mass is 507 g/mol. The van der Waals surface area contributed by atoms with Crippen molar-refractivity contribution in [2.45, 2.75) is 19.5 Å². The van der Waals surface area contributed by atoms with Crippen molar-refractivity contribution in [3.05, 3.63) is 119 Å².